The van der Waals surface area contributed by atoms with Gasteiger partial charge in [-0.15, -0.1) is 0 Å². The molecular weight excluding hydrogens is 206 g/mol. The van der Waals surface area contributed by atoms with Gasteiger partial charge >= 0.3 is 5.97 Å². The van der Waals surface area contributed by atoms with Crippen LogP contribution in [0.2, 0.25) is 0 Å². The summed E-state index contributed by atoms with van der Waals surface area (Å²) in [5, 5.41) is 8.61. The van der Waals surface area contributed by atoms with E-state index in [9.17, 15) is 4.79 Å². The smallest absolute Gasteiger partial charge is 0.303 e. The number of carbonyl (C=O) groups is 1. The minimum Gasteiger partial charge on any atom is -0.481 e. The van der Waals surface area contributed by atoms with Gasteiger partial charge in [0.05, 0.1) is 12.1 Å². The minimum absolute atomic E-state index is 0.107. The summed E-state index contributed by atoms with van der Waals surface area (Å²) < 4.78 is 1.90. The molecule has 0 amide bonds. The van der Waals surface area contributed by atoms with Crippen LogP contribution in [0.5, 0.6) is 0 Å². The summed E-state index contributed by atoms with van der Waals surface area (Å²) in [5.41, 5.74) is 2.64. The normalized spacial score (nSPS) is 10.9. The Kier molecular flexibility index (Phi) is 2.60. The Balaban J connectivity index is 2.39. The third kappa shape index (κ3) is 1.88. The number of fused-ring (bicyclic) bond motifs is 1. The van der Waals surface area contributed by atoms with Crippen LogP contribution in [0.25, 0.3) is 5.65 Å². The molecule has 0 saturated carbocycles. The Labute approximate surface area is 92.8 Å². The Bertz CT molecular complexity index is 506. The number of nitrogens with zero attached hydrogens (tertiary/aromatic N) is 3. The Morgan fingerprint density at radius 3 is 2.88 bits per heavy atom. The van der Waals surface area contributed by atoms with Crippen LogP contribution in [0.4, 0.5) is 0 Å². The highest BCUT2D eigenvalue weighted by Gasteiger charge is 2.07. The standard InChI is InChI=1S/C11H13N3O2/c1-7-5-12-8(2)14-6-9(13-11(7)14)3-4-10(15)16/h5-6H,3-4H2,1-2H3,(H,15,16). The highest BCUT2D eigenvalue weighted by Crippen LogP contribution is 2.12. The minimum atomic E-state index is -0.802. The molecule has 0 aromatic carbocycles. The molecule has 0 bridgehead atoms. The predicted molar refractivity (Wildman–Crippen MR) is 58.4 cm³/mol. The number of imidazole rings is 1. The molecule has 0 aliphatic heterocycles. The molecule has 2 heterocycles. The van der Waals surface area contributed by atoms with Gasteiger partial charge in [0.15, 0.2) is 0 Å². The van der Waals surface area contributed by atoms with Crippen molar-refractivity contribution in [2.75, 3.05) is 0 Å². The van der Waals surface area contributed by atoms with Crippen LogP contribution in [-0.2, 0) is 11.2 Å². The summed E-state index contributed by atoms with van der Waals surface area (Å²) in [7, 11) is 0. The van der Waals surface area contributed by atoms with E-state index < -0.39 is 5.97 Å². The summed E-state index contributed by atoms with van der Waals surface area (Å²) in [6, 6.07) is 0. The first-order valence-corrected chi connectivity index (χ1v) is 5.10. The van der Waals surface area contributed by atoms with E-state index in [1.165, 1.54) is 0 Å². The van der Waals surface area contributed by atoms with Crippen molar-refractivity contribution in [1.82, 2.24) is 14.4 Å². The lowest BCUT2D eigenvalue weighted by Gasteiger charge is -1.99. The van der Waals surface area contributed by atoms with Gasteiger partial charge < -0.3 is 5.11 Å². The predicted octanol–water partition coefficient (Wildman–Crippen LogP) is 1.36. The fraction of sp³-hybridized carbons (Fsp3) is 0.364. The Hall–Kier alpha value is -1.91. The third-order valence-electron chi connectivity index (χ3n) is 2.50. The molecule has 84 valence electrons. The Morgan fingerprint density at radius 1 is 1.50 bits per heavy atom. The summed E-state index contributed by atoms with van der Waals surface area (Å²) in [5.74, 6) is 0.0540. The van der Waals surface area contributed by atoms with Crippen molar-refractivity contribution >= 4 is 11.6 Å². The summed E-state index contributed by atoms with van der Waals surface area (Å²) in [6.07, 6.45) is 4.19. The van der Waals surface area contributed by atoms with Gasteiger partial charge in [0.2, 0.25) is 0 Å². The average Bonchev–Trinajstić information content (AvgIpc) is 2.66. The maximum Gasteiger partial charge on any atom is 0.303 e. The molecule has 16 heavy (non-hydrogen) atoms. The van der Waals surface area contributed by atoms with Crippen molar-refractivity contribution in [3.05, 3.63) is 29.5 Å². The zero-order chi connectivity index (χ0) is 11.7. The topological polar surface area (TPSA) is 67.5 Å². The van der Waals surface area contributed by atoms with Gasteiger partial charge in [0.25, 0.3) is 0 Å². The largest absolute Gasteiger partial charge is 0.481 e. The van der Waals surface area contributed by atoms with Crippen molar-refractivity contribution < 1.29 is 9.90 Å². The first-order valence-electron chi connectivity index (χ1n) is 5.10. The van der Waals surface area contributed by atoms with E-state index in [0.29, 0.717) is 6.42 Å². The zero-order valence-corrected chi connectivity index (χ0v) is 9.27. The lowest BCUT2D eigenvalue weighted by molar-refractivity contribution is -0.136. The van der Waals surface area contributed by atoms with Gasteiger partial charge in [0.1, 0.15) is 11.5 Å². The number of aromatic nitrogens is 3. The SMILES string of the molecule is Cc1cnc(C)n2cc(CCC(=O)O)nc12. The van der Waals surface area contributed by atoms with E-state index in [0.717, 1.165) is 22.7 Å². The van der Waals surface area contributed by atoms with Crippen molar-refractivity contribution in [2.45, 2.75) is 26.7 Å². The average molecular weight is 219 g/mol. The molecule has 0 atom stereocenters. The molecule has 0 aliphatic carbocycles. The molecule has 1 N–H and O–H groups in total. The van der Waals surface area contributed by atoms with Crippen molar-refractivity contribution in [3.8, 4) is 0 Å². The number of aryl methyl sites for hydroxylation is 3. The van der Waals surface area contributed by atoms with Crippen LogP contribution < -0.4 is 0 Å². The second kappa shape index (κ2) is 3.92. The molecule has 2 aromatic heterocycles. The molecular formula is C11H13N3O2. The molecule has 0 saturated heterocycles. The molecule has 5 heteroatoms. The van der Waals surface area contributed by atoms with Crippen LogP contribution in [0.3, 0.4) is 0 Å². The van der Waals surface area contributed by atoms with E-state index in [1.54, 1.807) is 6.20 Å². The first kappa shape index (κ1) is 10.6. The van der Waals surface area contributed by atoms with Crippen molar-refractivity contribution in [2.24, 2.45) is 0 Å². The molecule has 0 radical (unpaired) electrons. The lowest BCUT2D eigenvalue weighted by Crippen LogP contribution is -1.97. The number of hydrogen-bond acceptors (Lipinski definition) is 3. The molecule has 2 aromatic rings. The van der Waals surface area contributed by atoms with Crippen LogP contribution >= 0.6 is 0 Å². The van der Waals surface area contributed by atoms with E-state index in [4.69, 9.17) is 5.11 Å². The van der Waals surface area contributed by atoms with Crippen molar-refractivity contribution in [1.29, 1.82) is 0 Å². The molecule has 5 nitrogen and oxygen atoms in total. The van der Waals surface area contributed by atoms with Gasteiger partial charge in [-0.2, -0.15) is 0 Å². The zero-order valence-electron chi connectivity index (χ0n) is 9.27. The third-order valence-corrected chi connectivity index (χ3v) is 2.50. The van der Waals surface area contributed by atoms with E-state index >= 15 is 0 Å². The monoisotopic (exact) mass is 219 g/mol. The van der Waals surface area contributed by atoms with Crippen LogP contribution in [0.15, 0.2) is 12.4 Å². The van der Waals surface area contributed by atoms with Gasteiger partial charge in [-0.05, 0) is 13.8 Å². The Morgan fingerprint density at radius 2 is 2.25 bits per heavy atom. The lowest BCUT2D eigenvalue weighted by atomic mass is 10.2. The highest BCUT2D eigenvalue weighted by molar-refractivity contribution is 5.67. The number of rotatable bonds is 3. The molecule has 2 rings (SSSR count). The number of carboxylic acids is 1. The quantitative estimate of drug-likeness (QED) is 0.846. The van der Waals surface area contributed by atoms with Crippen LogP contribution in [0.1, 0.15) is 23.5 Å². The number of aliphatic carboxylic acids is 1. The second-order valence-electron chi connectivity index (χ2n) is 3.81. The maximum atomic E-state index is 10.5. The second-order valence-corrected chi connectivity index (χ2v) is 3.81. The van der Waals surface area contributed by atoms with Gasteiger partial charge in [0, 0.05) is 24.4 Å². The van der Waals surface area contributed by atoms with Gasteiger partial charge in [-0.25, -0.2) is 9.97 Å². The first-order chi connectivity index (χ1) is 7.58. The summed E-state index contributed by atoms with van der Waals surface area (Å²) >= 11 is 0. The molecule has 0 spiro atoms. The van der Waals surface area contributed by atoms with Gasteiger partial charge in [-0.1, -0.05) is 0 Å². The van der Waals surface area contributed by atoms with E-state index in [2.05, 4.69) is 9.97 Å². The fourth-order valence-electron chi connectivity index (χ4n) is 1.62. The number of hydrogen-bond donors (Lipinski definition) is 1. The number of carboxylic acid groups (broad SMARTS) is 1. The van der Waals surface area contributed by atoms with Gasteiger partial charge in [-0.3, -0.25) is 9.20 Å². The van der Waals surface area contributed by atoms with Crippen LogP contribution in [-0.4, -0.2) is 25.4 Å². The maximum absolute atomic E-state index is 10.5. The molecule has 0 unspecified atom stereocenters. The molecule has 0 aliphatic rings. The fourth-order valence-corrected chi connectivity index (χ4v) is 1.62. The highest BCUT2D eigenvalue weighted by atomic mass is 16.4. The summed E-state index contributed by atoms with van der Waals surface area (Å²) in [6.45, 7) is 3.84. The van der Waals surface area contributed by atoms with E-state index in [-0.39, 0.29) is 6.42 Å². The molecule has 0 fully saturated rings. The van der Waals surface area contributed by atoms with E-state index in [1.807, 2.05) is 24.4 Å². The summed E-state index contributed by atoms with van der Waals surface area (Å²) in [4.78, 5) is 19.1. The van der Waals surface area contributed by atoms with Crippen LogP contribution in [0, 0.1) is 13.8 Å². The van der Waals surface area contributed by atoms with Crippen molar-refractivity contribution in [3.63, 3.8) is 0 Å².